The highest BCUT2D eigenvalue weighted by atomic mass is 16.6. The van der Waals surface area contributed by atoms with Gasteiger partial charge >= 0.3 is 6.09 Å². The maximum atomic E-state index is 13.5. The van der Waals surface area contributed by atoms with Crippen LogP contribution in [0, 0.1) is 6.57 Å². The maximum absolute atomic E-state index is 13.5. The number of likely N-dealkylation sites (N-methyl/N-ethyl adjacent to an activating group) is 1. The number of amides is 2. The Hall–Kier alpha value is -4.84. The lowest BCUT2D eigenvalue weighted by Crippen LogP contribution is -2.61. The highest BCUT2D eigenvalue weighted by Crippen LogP contribution is 2.35. The molecule has 0 bridgehead atoms. The van der Waals surface area contributed by atoms with E-state index in [1.54, 1.807) is 23.0 Å². The van der Waals surface area contributed by atoms with E-state index in [0.717, 1.165) is 33.9 Å². The quantitative estimate of drug-likeness (QED) is 0.282. The first-order chi connectivity index (χ1) is 19.1. The largest absolute Gasteiger partial charge is 0.444 e. The van der Waals surface area contributed by atoms with Crippen LogP contribution in [0.5, 0.6) is 0 Å². The minimum absolute atomic E-state index is 0.0630. The van der Waals surface area contributed by atoms with Crippen molar-refractivity contribution < 1.29 is 14.3 Å². The SMILES string of the molecule is [C-]#[N+]c1ccc(-c2cc3n(c2)Cc2cc(C(=O)N(C)C4CN(C(=O)OC(C)(C)C)C4)ccc2-n2ccnc2-3)cc1. The van der Waals surface area contributed by atoms with Gasteiger partial charge in [-0.1, -0.05) is 24.3 Å². The Morgan fingerprint density at radius 1 is 1.07 bits per heavy atom. The average Bonchev–Trinajstić information content (AvgIpc) is 3.51. The molecule has 2 aliphatic heterocycles. The molecular formula is C31H30N6O3. The van der Waals surface area contributed by atoms with Gasteiger partial charge in [-0.25, -0.2) is 14.6 Å². The smallest absolute Gasteiger partial charge is 0.410 e. The first kappa shape index (κ1) is 25.4. The molecule has 1 saturated heterocycles. The molecule has 9 nitrogen and oxygen atoms in total. The third-order valence-corrected chi connectivity index (χ3v) is 7.40. The van der Waals surface area contributed by atoms with Crippen molar-refractivity contribution in [3.05, 3.63) is 89.7 Å². The highest BCUT2D eigenvalue weighted by Gasteiger charge is 2.38. The number of benzene rings is 2. The van der Waals surface area contributed by atoms with Crippen molar-refractivity contribution in [2.24, 2.45) is 0 Å². The molecule has 202 valence electrons. The number of ether oxygens (including phenoxy) is 1. The van der Waals surface area contributed by atoms with Gasteiger partial charge in [0.1, 0.15) is 5.60 Å². The van der Waals surface area contributed by atoms with Crippen LogP contribution in [0.15, 0.2) is 67.1 Å². The number of carbonyl (C=O) groups excluding carboxylic acids is 2. The van der Waals surface area contributed by atoms with Gasteiger partial charge in [0, 0.05) is 56.4 Å². The van der Waals surface area contributed by atoms with Crippen LogP contribution in [0.25, 0.3) is 33.2 Å². The second-order valence-electron chi connectivity index (χ2n) is 11.3. The Balaban J connectivity index is 1.25. The number of fused-ring (bicyclic) bond motifs is 5. The normalized spacial score (nSPS) is 14.2. The van der Waals surface area contributed by atoms with Crippen molar-refractivity contribution in [1.82, 2.24) is 23.9 Å². The van der Waals surface area contributed by atoms with Gasteiger partial charge in [0.25, 0.3) is 5.91 Å². The number of aromatic nitrogens is 3. The summed E-state index contributed by atoms with van der Waals surface area (Å²) in [4.78, 5) is 37.3. The molecule has 2 amide bonds. The van der Waals surface area contributed by atoms with Crippen LogP contribution in [0.2, 0.25) is 0 Å². The molecule has 4 heterocycles. The molecule has 2 aliphatic rings. The van der Waals surface area contributed by atoms with Crippen LogP contribution in [0.4, 0.5) is 10.5 Å². The lowest BCUT2D eigenvalue weighted by Gasteiger charge is -2.44. The van der Waals surface area contributed by atoms with Gasteiger partial charge in [-0.2, -0.15) is 0 Å². The van der Waals surface area contributed by atoms with Crippen LogP contribution in [0.1, 0.15) is 36.7 Å². The van der Waals surface area contributed by atoms with E-state index in [0.29, 0.717) is 30.9 Å². The van der Waals surface area contributed by atoms with Gasteiger partial charge in [0.05, 0.1) is 24.0 Å². The fourth-order valence-electron chi connectivity index (χ4n) is 5.21. The second-order valence-corrected chi connectivity index (χ2v) is 11.3. The van der Waals surface area contributed by atoms with E-state index < -0.39 is 5.60 Å². The van der Waals surface area contributed by atoms with Crippen LogP contribution in [-0.2, 0) is 11.3 Å². The third-order valence-electron chi connectivity index (χ3n) is 7.40. The first-order valence-corrected chi connectivity index (χ1v) is 13.2. The number of nitrogens with zero attached hydrogens (tertiary/aromatic N) is 6. The Morgan fingerprint density at radius 2 is 1.82 bits per heavy atom. The molecule has 2 aromatic carbocycles. The summed E-state index contributed by atoms with van der Waals surface area (Å²) in [5.41, 5.74) is 5.69. The molecule has 9 heteroatoms. The Kier molecular flexibility index (Phi) is 5.99. The van der Waals surface area contributed by atoms with Crippen LogP contribution < -0.4 is 0 Å². The lowest BCUT2D eigenvalue weighted by atomic mass is 10.0. The Bertz CT molecular complexity index is 1660. The summed E-state index contributed by atoms with van der Waals surface area (Å²) < 4.78 is 9.66. The monoisotopic (exact) mass is 534 g/mol. The van der Waals surface area contributed by atoms with E-state index in [1.165, 1.54) is 0 Å². The van der Waals surface area contributed by atoms with Gasteiger partial charge in [0.15, 0.2) is 11.5 Å². The minimum Gasteiger partial charge on any atom is -0.444 e. The molecular weight excluding hydrogens is 504 g/mol. The molecule has 1 fully saturated rings. The van der Waals surface area contributed by atoms with Crippen molar-refractivity contribution in [2.75, 3.05) is 20.1 Å². The topological polar surface area (TPSA) is 77.0 Å². The standard InChI is InChI=1S/C31H30N6O3/c1-31(2,3)40-30(39)36-18-25(19-36)34(5)29(38)21-8-11-26-23(14-21)17-35-16-22(20-6-9-24(32-4)10-7-20)15-27(35)28-33-12-13-37(26)28/h6-16,25H,17-19H2,1-3,5H3. The molecule has 0 atom stereocenters. The fraction of sp³-hybridized carbons (Fsp3) is 0.290. The van der Waals surface area contributed by atoms with Crippen molar-refractivity contribution >= 4 is 17.7 Å². The number of imidazole rings is 1. The van der Waals surface area contributed by atoms with E-state index in [9.17, 15) is 9.59 Å². The number of hydrogen-bond acceptors (Lipinski definition) is 4. The summed E-state index contributed by atoms with van der Waals surface area (Å²) in [5, 5.41) is 0. The lowest BCUT2D eigenvalue weighted by molar-refractivity contribution is -0.00907. The zero-order valence-corrected chi connectivity index (χ0v) is 23.0. The number of hydrogen-bond donors (Lipinski definition) is 0. The first-order valence-electron chi connectivity index (χ1n) is 13.2. The molecule has 40 heavy (non-hydrogen) atoms. The van der Waals surface area contributed by atoms with Gasteiger partial charge in [-0.05, 0) is 56.2 Å². The van der Waals surface area contributed by atoms with Crippen LogP contribution in [0.3, 0.4) is 0 Å². The van der Waals surface area contributed by atoms with Crippen LogP contribution >= 0.6 is 0 Å². The van der Waals surface area contributed by atoms with Gasteiger partial charge in [0.2, 0.25) is 0 Å². The predicted molar refractivity (Wildman–Crippen MR) is 151 cm³/mol. The predicted octanol–water partition coefficient (Wildman–Crippen LogP) is 5.61. The zero-order valence-electron chi connectivity index (χ0n) is 23.0. The molecule has 0 aliphatic carbocycles. The summed E-state index contributed by atoms with van der Waals surface area (Å²) >= 11 is 0. The zero-order chi connectivity index (χ0) is 28.2. The number of rotatable bonds is 3. The molecule has 0 radical (unpaired) electrons. The minimum atomic E-state index is -0.551. The van der Waals surface area contributed by atoms with Crippen molar-refractivity contribution in [3.63, 3.8) is 0 Å². The van der Waals surface area contributed by atoms with Crippen molar-refractivity contribution in [2.45, 2.75) is 39.0 Å². The molecule has 0 spiro atoms. The second kappa shape index (κ2) is 9.42. The summed E-state index contributed by atoms with van der Waals surface area (Å²) in [6, 6.07) is 15.4. The highest BCUT2D eigenvalue weighted by molar-refractivity contribution is 5.95. The van der Waals surface area contributed by atoms with E-state index in [2.05, 4.69) is 31.2 Å². The Morgan fingerprint density at radius 3 is 2.52 bits per heavy atom. The molecule has 4 aromatic rings. The van der Waals surface area contributed by atoms with Crippen LogP contribution in [-0.4, -0.2) is 67.7 Å². The Labute approximate surface area is 233 Å². The summed E-state index contributed by atoms with van der Waals surface area (Å²) in [6.45, 7) is 14.2. The summed E-state index contributed by atoms with van der Waals surface area (Å²) in [7, 11) is 1.79. The van der Waals surface area contributed by atoms with E-state index >= 15 is 0 Å². The number of likely N-dealkylation sites (tertiary alicyclic amines) is 1. The average molecular weight is 535 g/mol. The van der Waals surface area contributed by atoms with E-state index in [-0.39, 0.29) is 18.0 Å². The van der Waals surface area contributed by atoms with Crippen molar-refractivity contribution in [1.29, 1.82) is 0 Å². The van der Waals surface area contributed by atoms with E-state index in [4.69, 9.17) is 11.3 Å². The summed E-state index contributed by atoms with van der Waals surface area (Å²) in [5.74, 6) is 0.746. The van der Waals surface area contributed by atoms with Gasteiger partial charge in [-0.3, -0.25) is 9.36 Å². The molecule has 0 saturated carbocycles. The molecule has 0 unspecified atom stereocenters. The van der Waals surface area contributed by atoms with Gasteiger partial charge in [-0.15, -0.1) is 0 Å². The molecule has 6 rings (SSSR count). The van der Waals surface area contributed by atoms with Crippen molar-refractivity contribution in [3.8, 4) is 28.3 Å². The summed E-state index contributed by atoms with van der Waals surface area (Å²) in [6.07, 6.45) is 5.46. The van der Waals surface area contributed by atoms with E-state index in [1.807, 2.05) is 69.4 Å². The number of carbonyl (C=O) groups is 2. The molecule has 0 N–H and O–H groups in total. The molecule has 2 aromatic heterocycles. The van der Waals surface area contributed by atoms with Gasteiger partial charge < -0.3 is 19.1 Å². The maximum Gasteiger partial charge on any atom is 0.410 e. The third kappa shape index (κ3) is 4.51. The fourth-order valence-corrected chi connectivity index (χ4v) is 5.21.